The van der Waals surface area contributed by atoms with Gasteiger partial charge in [-0.1, -0.05) is 32.1 Å². The summed E-state index contributed by atoms with van der Waals surface area (Å²) in [7, 11) is 0. The maximum absolute atomic E-state index is 15.1. The van der Waals surface area contributed by atoms with Crippen LogP contribution in [0.1, 0.15) is 50.6 Å². The van der Waals surface area contributed by atoms with E-state index in [1.165, 1.54) is 6.07 Å². The number of esters is 1. The fourth-order valence-electron chi connectivity index (χ4n) is 6.00. The molecule has 0 aliphatic heterocycles. The summed E-state index contributed by atoms with van der Waals surface area (Å²) < 4.78 is 20.2. The minimum atomic E-state index is -0.705. The number of fused-ring (bicyclic) bond motifs is 3. The fraction of sp³-hybridized carbons (Fsp3) is 0.355. The van der Waals surface area contributed by atoms with Gasteiger partial charge in [-0.2, -0.15) is 5.26 Å². The Kier molecular flexibility index (Phi) is 7.09. The van der Waals surface area contributed by atoms with Gasteiger partial charge in [-0.25, -0.2) is 14.4 Å². The fourth-order valence-corrected chi connectivity index (χ4v) is 6.00. The molecule has 3 aromatic rings. The third-order valence-electron chi connectivity index (χ3n) is 7.93. The number of carbonyl (C=O) groups is 2. The number of rotatable bonds is 6. The van der Waals surface area contributed by atoms with Gasteiger partial charge in [0.05, 0.1) is 30.0 Å². The number of ether oxygens (including phenoxy) is 1. The Morgan fingerprint density at radius 2 is 2.05 bits per heavy atom. The van der Waals surface area contributed by atoms with Gasteiger partial charge in [0, 0.05) is 46.3 Å². The number of carbonyl (C=O) groups excluding carboxylic acids is 2. The number of benzene rings is 1. The molecule has 3 atom stereocenters. The van der Waals surface area contributed by atoms with Gasteiger partial charge in [-0.3, -0.25) is 14.6 Å². The van der Waals surface area contributed by atoms with Crippen molar-refractivity contribution in [1.82, 2.24) is 15.0 Å². The molecule has 0 amide bonds. The predicted molar refractivity (Wildman–Crippen MR) is 143 cm³/mol. The Hall–Kier alpha value is -4.25. The van der Waals surface area contributed by atoms with E-state index in [-0.39, 0.29) is 41.4 Å². The van der Waals surface area contributed by atoms with E-state index >= 15 is 4.39 Å². The molecule has 2 heterocycles. The lowest BCUT2D eigenvalue weighted by Gasteiger charge is -2.45. The number of nitriles is 1. The van der Waals surface area contributed by atoms with E-state index in [1.807, 2.05) is 19.9 Å². The Labute approximate surface area is 226 Å². The number of hydrogen-bond donors (Lipinski definition) is 0. The molecule has 0 fully saturated rings. The minimum absolute atomic E-state index is 0.0524. The van der Waals surface area contributed by atoms with E-state index in [1.54, 1.807) is 43.5 Å². The Bertz CT molecular complexity index is 1540. The number of halogens is 1. The summed E-state index contributed by atoms with van der Waals surface area (Å²) in [6.45, 7) is 5.97. The smallest absolute Gasteiger partial charge is 0.306 e. The molecule has 0 saturated carbocycles. The van der Waals surface area contributed by atoms with Gasteiger partial charge < -0.3 is 4.74 Å². The number of allylic oxidation sites excluding steroid dienone is 2. The summed E-state index contributed by atoms with van der Waals surface area (Å²) in [5.74, 6) is -0.826. The molecule has 0 N–H and O–H groups in total. The summed E-state index contributed by atoms with van der Waals surface area (Å²) in [6, 6.07) is 12.2. The van der Waals surface area contributed by atoms with Crippen LogP contribution in [0, 0.1) is 29.0 Å². The second kappa shape index (κ2) is 10.5. The van der Waals surface area contributed by atoms with Crippen LogP contribution in [-0.4, -0.2) is 33.3 Å². The monoisotopic (exact) mass is 524 g/mol. The number of nitrogens with zero attached hydrogens (tertiary/aromatic N) is 4. The van der Waals surface area contributed by atoms with Crippen molar-refractivity contribution >= 4 is 11.8 Å². The van der Waals surface area contributed by atoms with E-state index in [4.69, 9.17) is 14.7 Å². The SMILES string of the molecule is CCOC(=O)CCc1cc(-c2nc(-c3ccccc3F)c3c(n2)[C@]2(C)C=C(C#N)C(=O)[C@H](C)[C@H]2CC3)ccn1. The van der Waals surface area contributed by atoms with Crippen LogP contribution in [0.4, 0.5) is 4.39 Å². The van der Waals surface area contributed by atoms with E-state index in [0.29, 0.717) is 59.9 Å². The molecule has 2 aliphatic carbocycles. The van der Waals surface area contributed by atoms with Crippen molar-refractivity contribution in [1.29, 1.82) is 5.26 Å². The Balaban J connectivity index is 1.69. The highest BCUT2D eigenvalue weighted by molar-refractivity contribution is 6.02. The van der Waals surface area contributed by atoms with Crippen molar-refractivity contribution in [2.24, 2.45) is 11.8 Å². The first-order valence-electron chi connectivity index (χ1n) is 13.2. The van der Waals surface area contributed by atoms with Gasteiger partial charge >= 0.3 is 5.97 Å². The zero-order chi connectivity index (χ0) is 27.7. The number of pyridine rings is 1. The number of aryl methyl sites for hydroxylation is 1. The van der Waals surface area contributed by atoms with Gasteiger partial charge in [-0.05, 0) is 49.9 Å². The molecule has 198 valence electrons. The lowest BCUT2D eigenvalue weighted by Crippen LogP contribution is -2.46. The molecular weight excluding hydrogens is 495 g/mol. The maximum Gasteiger partial charge on any atom is 0.306 e. The number of ketones is 1. The van der Waals surface area contributed by atoms with Gasteiger partial charge in [0.25, 0.3) is 0 Å². The van der Waals surface area contributed by atoms with E-state index in [9.17, 15) is 14.9 Å². The van der Waals surface area contributed by atoms with Crippen molar-refractivity contribution in [2.45, 2.75) is 51.9 Å². The first kappa shape index (κ1) is 26.4. The lowest BCUT2D eigenvalue weighted by molar-refractivity contribution is -0.143. The predicted octanol–water partition coefficient (Wildman–Crippen LogP) is 5.33. The van der Waals surface area contributed by atoms with Crippen LogP contribution in [0.2, 0.25) is 0 Å². The number of Topliss-reactive ketones (excluding diaryl/α,β-unsaturated/α-hetero) is 1. The van der Waals surface area contributed by atoms with Crippen LogP contribution in [0.15, 0.2) is 54.2 Å². The van der Waals surface area contributed by atoms with Gasteiger partial charge in [0.1, 0.15) is 11.9 Å². The maximum atomic E-state index is 15.1. The average molecular weight is 525 g/mol. The van der Waals surface area contributed by atoms with Gasteiger partial charge in [0.2, 0.25) is 0 Å². The summed E-state index contributed by atoms with van der Waals surface area (Å²) in [4.78, 5) is 39.0. The van der Waals surface area contributed by atoms with Crippen LogP contribution in [-0.2, 0) is 32.6 Å². The lowest BCUT2D eigenvalue weighted by atomic mass is 9.57. The molecule has 39 heavy (non-hydrogen) atoms. The normalized spacial score (nSPS) is 21.8. The molecule has 0 bridgehead atoms. The molecule has 0 saturated heterocycles. The van der Waals surface area contributed by atoms with Crippen LogP contribution in [0.3, 0.4) is 0 Å². The molecule has 2 aromatic heterocycles. The van der Waals surface area contributed by atoms with Crippen LogP contribution >= 0.6 is 0 Å². The van der Waals surface area contributed by atoms with Crippen LogP contribution in [0.5, 0.6) is 0 Å². The van der Waals surface area contributed by atoms with Crippen LogP contribution in [0.25, 0.3) is 22.6 Å². The molecule has 5 rings (SSSR count). The Morgan fingerprint density at radius 3 is 2.79 bits per heavy atom. The summed E-state index contributed by atoms with van der Waals surface area (Å²) in [6.07, 6.45) is 5.27. The molecule has 1 aromatic carbocycles. The van der Waals surface area contributed by atoms with Crippen LogP contribution < -0.4 is 0 Å². The topological polar surface area (TPSA) is 106 Å². The molecule has 0 unspecified atom stereocenters. The quantitative estimate of drug-likeness (QED) is 0.401. The third kappa shape index (κ3) is 4.74. The molecule has 2 aliphatic rings. The van der Waals surface area contributed by atoms with Gasteiger partial charge in [-0.15, -0.1) is 0 Å². The van der Waals surface area contributed by atoms with Crippen molar-refractivity contribution in [2.75, 3.05) is 6.61 Å². The minimum Gasteiger partial charge on any atom is -0.466 e. The zero-order valence-electron chi connectivity index (χ0n) is 22.2. The molecular formula is C31H29FN4O3. The van der Waals surface area contributed by atoms with Crippen molar-refractivity contribution < 1.29 is 18.7 Å². The van der Waals surface area contributed by atoms with E-state index < -0.39 is 5.41 Å². The van der Waals surface area contributed by atoms with Crippen molar-refractivity contribution in [3.05, 3.63) is 77.0 Å². The standard InChI is InChI=1S/C31H29FN4O3/c1-4-39-26(37)12-9-21-15-19(13-14-34-21)30-35-27(22-7-5-6-8-25(22)32)23-10-11-24-18(2)28(38)20(17-33)16-31(24,3)29(23)36-30/h5-8,13-16,18,24H,4,9-12H2,1-3H3/t18-,24-,31-/m1/s1. The third-order valence-corrected chi connectivity index (χ3v) is 7.93. The average Bonchev–Trinajstić information content (AvgIpc) is 2.94. The summed E-state index contributed by atoms with van der Waals surface area (Å²) in [5, 5.41) is 9.73. The second-order valence-corrected chi connectivity index (χ2v) is 10.3. The highest BCUT2D eigenvalue weighted by Gasteiger charge is 2.49. The molecule has 0 radical (unpaired) electrons. The highest BCUT2D eigenvalue weighted by atomic mass is 19.1. The molecule has 8 heteroatoms. The Morgan fingerprint density at radius 1 is 1.26 bits per heavy atom. The first-order chi connectivity index (χ1) is 18.8. The summed E-state index contributed by atoms with van der Waals surface area (Å²) >= 11 is 0. The van der Waals surface area contributed by atoms with Crippen molar-refractivity contribution in [3.63, 3.8) is 0 Å². The number of hydrogen-bond acceptors (Lipinski definition) is 7. The first-order valence-corrected chi connectivity index (χ1v) is 13.2. The molecule has 0 spiro atoms. The highest BCUT2D eigenvalue weighted by Crippen LogP contribution is 2.51. The second-order valence-electron chi connectivity index (χ2n) is 10.3. The zero-order valence-corrected chi connectivity index (χ0v) is 22.2. The largest absolute Gasteiger partial charge is 0.466 e. The van der Waals surface area contributed by atoms with E-state index in [0.717, 1.165) is 5.56 Å². The summed E-state index contributed by atoms with van der Waals surface area (Å²) in [5.41, 5.74) is 3.21. The molecule has 7 nitrogen and oxygen atoms in total. The van der Waals surface area contributed by atoms with Gasteiger partial charge in [0.15, 0.2) is 11.6 Å². The van der Waals surface area contributed by atoms with Crippen molar-refractivity contribution in [3.8, 4) is 28.7 Å². The van der Waals surface area contributed by atoms with E-state index in [2.05, 4.69) is 11.1 Å². The number of aromatic nitrogens is 3.